The number of cyclic esters (lactones) is 1. The van der Waals surface area contributed by atoms with Crippen LogP contribution in [0.5, 0.6) is 11.5 Å². The number of nitrogens with zero attached hydrogens (tertiary/aromatic N) is 1. The van der Waals surface area contributed by atoms with Crippen LogP contribution in [0.4, 0.5) is 4.79 Å². The average molecular weight is 316 g/mol. The summed E-state index contributed by atoms with van der Waals surface area (Å²) >= 11 is 3.46. The zero-order valence-corrected chi connectivity index (χ0v) is 11.8. The van der Waals surface area contributed by atoms with Gasteiger partial charge in [-0.1, -0.05) is 15.9 Å². The molecule has 0 atom stereocenters. The summed E-state index contributed by atoms with van der Waals surface area (Å²) in [6.45, 7) is 1.45. The lowest BCUT2D eigenvalue weighted by molar-refractivity contribution is 0.157. The van der Waals surface area contributed by atoms with Crippen LogP contribution in [0.2, 0.25) is 0 Å². The van der Waals surface area contributed by atoms with Crippen LogP contribution in [0.3, 0.4) is 0 Å². The summed E-state index contributed by atoms with van der Waals surface area (Å²) in [6.07, 6.45) is -0.299. The van der Waals surface area contributed by atoms with Gasteiger partial charge in [-0.05, 0) is 12.1 Å². The molecular formula is C12H14BrNO4. The molecule has 0 bridgehead atoms. The van der Waals surface area contributed by atoms with Crippen molar-refractivity contribution in [1.29, 1.82) is 0 Å². The Hall–Kier alpha value is -1.43. The van der Waals surface area contributed by atoms with Gasteiger partial charge < -0.3 is 19.1 Å². The number of methoxy groups -OCH3 is 2. The van der Waals surface area contributed by atoms with E-state index >= 15 is 0 Å². The van der Waals surface area contributed by atoms with Crippen molar-refractivity contribution in [3.63, 3.8) is 0 Å². The zero-order chi connectivity index (χ0) is 13.1. The molecule has 1 heterocycles. The number of halogens is 1. The van der Waals surface area contributed by atoms with E-state index in [2.05, 4.69) is 15.9 Å². The van der Waals surface area contributed by atoms with Crippen molar-refractivity contribution < 1.29 is 19.0 Å². The first-order valence-electron chi connectivity index (χ1n) is 5.48. The summed E-state index contributed by atoms with van der Waals surface area (Å²) in [5, 5.41) is 0. The third-order valence-electron chi connectivity index (χ3n) is 2.79. The fourth-order valence-electron chi connectivity index (χ4n) is 1.87. The summed E-state index contributed by atoms with van der Waals surface area (Å²) in [4.78, 5) is 13.1. The lowest BCUT2D eigenvalue weighted by Gasteiger charge is -2.18. The molecule has 1 aliphatic rings. The van der Waals surface area contributed by atoms with E-state index in [4.69, 9.17) is 14.2 Å². The Morgan fingerprint density at radius 3 is 2.72 bits per heavy atom. The van der Waals surface area contributed by atoms with Crippen LogP contribution >= 0.6 is 15.9 Å². The predicted octanol–water partition coefficient (Wildman–Crippen LogP) is 2.42. The molecule has 1 amide bonds. The predicted molar refractivity (Wildman–Crippen MR) is 69.0 cm³/mol. The summed E-state index contributed by atoms with van der Waals surface area (Å²) in [5.74, 6) is 1.27. The molecule has 1 saturated heterocycles. The maximum atomic E-state index is 11.5. The fourth-order valence-corrected chi connectivity index (χ4v) is 2.31. The van der Waals surface area contributed by atoms with Gasteiger partial charge in [0.05, 0.1) is 27.3 Å². The number of benzene rings is 1. The lowest BCUT2D eigenvalue weighted by Crippen LogP contribution is -2.24. The van der Waals surface area contributed by atoms with E-state index < -0.39 is 0 Å². The van der Waals surface area contributed by atoms with E-state index in [-0.39, 0.29) is 6.09 Å². The Morgan fingerprint density at radius 2 is 2.17 bits per heavy atom. The average Bonchev–Trinajstić information content (AvgIpc) is 2.77. The van der Waals surface area contributed by atoms with Gasteiger partial charge in [0.2, 0.25) is 0 Å². The summed E-state index contributed by atoms with van der Waals surface area (Å²) in [5.41, 5.74) is 0.871. The van der Waals surface area contributed by atoms with Gasteiger partial charge in [-0.3, -0.25) is 0 Å². The minimum absolute atomic E-state index is 0.299. The van der Waals surface area contributed by atoms with Crippen LogP contribution in [-0.4, -0.2) is 38.4 Å². The highest BCUT2D eigenvalue weighted by atomic mass is 79.9. The van der Waals surface area contributed by atoms with E-state index in [1.165, 1.54) is 0 Å². The van der Waals surface area contributed by atoms with Gasteiger partial charge >= 0.3 is 6.09 Å². The van der Waals surface area contributed by atoms with Crippen molar-refractivity contribution in [1.82, 2.24) is 4.90 Å². The monoisotopic (exact) mass is 315 g/mol. The topological polar surface area (TPSA) is 48.0 Å². The number of carbonyl (C=O) groups is 1. The first-order chi connectivity index (χ1) is 8.67. The van der Waals surface area contributed by atoms with Crippen LogP contribution < -0.4 is 9.47 Å². The highest BCUT2D eigenvalue weighted by Gasteiger charge is 2.25. The Morgan fingerprint density at radius 1 is 1.39 bits per heavy atom. The van der Waals surface area contributed by atoms with Crippen molar-refractivity contribution >= 4 is 22.0 Å². The quantitative estimate of drug-likeness (QED) is 0.856. The highest BCUT2D eigenvalue weighted by molar-refractivity contribution is 9.10. The van der Waals surface area contributed by atoms with Gasteiger partial charge in [0, 0.05) is 10.0 Å². The van der Waals surface area contributed by atoms with Gasteiger partial charge in [0.1, 0.15) is 6.61 Å². The third-order valence-corrected chi connectivity index (χ3v) is 3.53. The molecule has 1 aromatic carbocycles. The molecular weight excluding hydrogens is 302 g/mol. The molecule has 1 aliphatic heterocycles. The number of hydrogen-bond acceptors (Lipinski definition) is 4. The summed E-state index contributed by atoms with van der Waals surface area (Å²) < 4.78 is 16.4. The van der Waals surface area contributed by atoms with Crippen LogP contribution in [0, 0.1) is 0 Å². The van der Waals surface area contributed by atoms with Crippen LogP contribution in [0.15, 0.2) is 16.6 Å². The largest absolute Gasteiger partial charge is 0.493 e. The number of amides is 1. The first-order valence-corrected chi connectivity index (χ1v) is 6.27. The van der Waals surface area contributed by atoms with Crippen molar-refractivity contribution in [3.8, 4) is 11.5 Å². The Balaban J connectivity index is 2.33. The molecule has 0 saturated carbocycles. The second-order valence-electron chi connectivity index (χ2n) is 3.80. The molecule has 6 heteroatoms. The third kappa shape index (κ3) is 2.38. The second kappa shape index (κ2) is 5.48. The van der Waals surface area contributed by atoms with E-state index in [1.807, 2.05) is 12.1 Å². The van der Waals surface area contributed by atoms with Crippen molar-refractivity contribution in [2.24, 2.45) is 0 Å². The Kier molecular flexibility index (Phi) is 3.96. The molecule has 0 spiro atoms. The van der Waals surface area contributed by atoms with Gasteiger partial charge in [0.15, 0.2) is 11.5 Å². The molecule has 1 aromatic rings. The maximum Gasteiger partial charge on any atom is 0.410 e. The molecule has 1 fully saturated rings. The van der Waals surface area contributed by atoms with Gasteiger partial charge in [-0.2, -0.15) is 0 Å². The van der Waals surface area contributed by atoms with Gasteiger partial charge in [-0.15, -0.1) is 0 Å². The van der Waals surface area contributed by atoms with E-state index in [9.17, 15) is 4.79 Å². The molecule has 0 radical (unpaired) electrons. The van der Waals surface area contributed by atoms with Crippen molar-refractivity contribution in [3.05, 3.63) is 22.2 Å². The zero-order valence-electron chi connectivity index (χ0n) is 10.2. The lowest BCUT2D eigenvalue weighted by atomic mass is 10.1. The van der Waals surface area contributed by atoms with Crippen molar-refractivity contribution in [2.45, 2.75) is 6.54 Å². The maximum absolute atomic E-state index is 11.5. The Labute approximate surface area is 114 Å². The number of hydrogen-bond donors (Lipinski definition) is 0. The van der Waals surface area contributed by atoms with E-state index in [0.29, 0.717) is 31.2 Å². The smallest absolute Gasteiger partial charge is 0.410 e. The molecule has 98 valence electrons. The first kappa shape index (κ1) is 13.0. The highest BCUT2D eigenvalue weighted by Crippen LogP contribution is 2.37. The second-order valence-corrected chi connectivity index (χ2v) is 4.65. The van der Waals surface area contributed by atoms with E-state index in [0.717, 1.165) is 10.0 Å². The molecule has 0 aliphatic carbocycles. The number of rotatable bonds is 4. The molecule has 0 unspecified atom stereocenters. The fraction of sp³-hybridized carbons (Fsp3) is 0.417. The number of ether oxygens (including phenoxy) is 3. The SMILES string of the molecule is COc1ccc(Br)c(CN2CCOC2=O)c1OC. The molecule has 18 heavy (non-hydrogen) atoms. The van der Waals surface area contributed by atoms with Gasteiger partial charge in [0.25, 0.3) is 0 Å². The molecule has 5 nitrogen and oxygen atoms in total. The van der Waals surface area contributed by atoms with Crippen LogP contribution in [-0.2, 0) is 11.3 Å². The van der Waals surface area contributed by atoms with E-state index in [1.54, 1.807) is 19.1 Å². The molecule has 0 aromatic heterocycles. The molecule has 0 N–H and O–H groups in total. The summed E-state index contributed by atoms with van der Waals surface area (Å²) in [7, 11) is 3.16. The minimum atomic E-state index is -0.299. The number of carbonyl (C=O) groups excluding carboxylic acids is 1. The minimum Gasteiger partial charge on any atom is -0.493 e. The molecule has 2 rings (SSSR count). The standard InChI is InChI=1S/C12H14BrNO4/c1-16-10-4-3-9(13)8(11(10)17-2)7-14-5-6-18-12(14)15/h3-4H,5-7H2,1-2H3. The van der Waals surface area contributed by atoms with Crippen LogP contribution in [0.25, 0.3) is 0 Å². The van der Waals surface area contributed by atoms with Crippen molar-refractivity contribution in [2.75, 3.05) is 27.4 Å². The Bertz CT molecular complexity index is 464. The normalized spacial score (nSPS) is 14.6. The summed E-state index contributed by atoms with van der Waals surface area (Å²) in [6, 6.07) is 3.69. The van der Waals surface area contributed by atoms with Crippen LogP contribution in [0.1, 0.15) is 5.56 Å². The van der Waals surface area contributed by atoms with Gasteiger partial charge in [-0.25, -0.2) is 4.79 Å².